The number of hydrogen-bond donors (Lipinski definition) is 4. The lowest BCUT2D eigenvalue weighted by Crippen LogP contribution is -2.53. The number of carbonyl (C=O) groups excluding carboxylic acids is 2. The van der Waals surface area contributed by atoms with Crippen molar-refractivity contribution in [3.63, 3.8) is 0 Å². The first kappa shape index (κ1) is 35.1. The van der Waals surface area contributed by atoms with Crippen LogP contribution >= 0.6 is 0 Å². The minimum atomic E-state index is -0.871. The molecule has 5 atom stereocenters. The zero-order chi connectivity index (χ0) is 31.7. The number of hydrogen-bond acceptors (Lipinski definition) is 5. The van der Waals surface area contributed by atoms with Gasteiger partial charge >= 0.3 is 0 Å². The monoisotopic (exact) mass is 598 g/mol. The van der Waals surface area contributed by atoms with Crippen molar-refractivity contribution in [2.45, 2.75) is 105 Å². The molecule has 0 bridgehead atoms. The van der Waals surface area contributed by atoms with Gasteiger partial charge in [0.25, 0.3) is 0 Å². The maximum atomic E-state index is 13.2. The highest BCUT2D eigenvalue weighted by atomic mass is 16.5. The van der Waals surface area contributed by atoms with E-state index in [1.807, 2.05) is 27.7 Å². The summed E-state index contributed by atoms with van der Waals surface area (Å²) in [5.74, 6) is 0.549. The average molecular weight is 599 g/mol. The van der Waals surface area contributed by atoms with Crippen molar-refractivity contribution in [1.82, 2.24) is 15.2 Å². The van der Waals surface area contributed by atoms with Crippen LogP contribution in [0.4, 0.5) is 0 Å². The van der Waals surface area contributed by atoms with Crippen molar-refractivity contribution in [1.29, 1.82) is 0 Å². The van der Waals surface area contributed by atoms with E-state index in [4.69, 9.17) is 10.5 Å². The smallest absolute Gasteiger partial charge is 0.237 e. The summed E-state index contributed by atoms with van der Waals surface area (Å²) in [5, 5.41) is 19.1. The van der Waals surface area contributed by atoms with Gasteiger partial charge in [0.2, 0.25) is 11.8 Å². The lowest BCUT2D eigenvalue weighted by Gasteiger charge is -2.33. The van der Waals surface area contributed by atoms with Crippen LogP contribution in [0.15, 0.2) is 30.5 Å². The van der Waals surface area contributed by atoms with Crippen LogP contribution in [-0.4, -0.2) is 59.9 Å². The van der Waals surface area contributed by atoms with Gasteiger partial charge in [0.1, 0.15) is 0 Å². The molecule has 1 fully saturated rings. The SMILES string of the molecule is COCCCn1ccc2ccc(C[C@@H](C[C@H](NC(=O)[C@@H](N)C(C)C)C(O)CC(C(=O)NCC3CC3)C(C)C)C(C)C)cc21. The van der Waals surface area contributed by atoms with Gasteiger partial charge in [0.05, 0.1) is 18.2 Å². The third kappa shape index (κ3) is 10.6. The molecule has 3 rings (SSSR count). The van der Waals surface area contributed by atoms with Crippen molar-refractivity contribution in [3.05, 3.63) is 36.0 Å². The first-order chi connectivity index (χ1) is 20.4. The predicted molar refractivity (Wildman–Crippen MR) is 175 cm³/mol. The van der Waals surface area contributed by atoms with Crippen molar-refractivity contribution in [2.75, 3.05) is 20.3 Å². The Bertz CT molecular complexity index is 1160. The largest absolute Gasteiger partial charge is 0.391 e. The maximum Gasteiger partial charge on any atom is 0.237 e. The van der Waals surface area contributed by atoms with E-state index in [1.165, 1.54) is 29.3 Å². The van der Waals surface area contributed by atoms with Crippen molar-refractivity contribution in [3.8, 4) is 0 Å². The van der Waals surface area contributed by atoms with Crippen LogP contribution in [0.1, 0.15) is 79.2 Å². The molecule has 1 heterocycles. The maximum absolute atomic E-state index is 13.2. The number of methoxy groups -OCH3 is 1. The molecule has 1 aromatic carbocycles. The fourth-order valence-corrected chi connectivity index (χ4v) is 5.85. The molecule has 2 amide bonds. The van der Waals surface area contributed by atoms with Gasteiger partial charge in [-0.05, 0) is 91.2 Å². The Balaban J connectivity index is 1.80. The second-order valence-electron chi connectivity index (χ2n) is 13.9. The molecule has 242 valence electrons. The molecule has 1 aliphatic carbocycles. The Hall–Kier alpha value is -2.42. The molecule has 8 nitrogen and oxygen atoms in total. The van der Waals surface area contributed by atoms with Crippen LogP contribution in [0.25, 0.3) is 10.9 Å². The van der Waals surface area contributed by atoms with E-state index in [0.717, 1.165) is 26.0 Å². The number of rotatable bonds is 19. The Morgan fingerprint density at radius 1 is 1.02 bits per heavy atom. The third-order valence-corrected chi connectivity index (χ3v) is 9.30. The summed E-state index contributed by atoms with van der Waals surface area (Å²) < 4.78 is 7.53. The second-order valence-corrected chi connectivity index (χ2v) is 13.9. The van der Waals surface area contributed by atoms with E-state index in [9.17, 15) is 14.7 Å². The van der Waals surface area contributed by atoms with Crippen LogP contribution in [0.2, 0.25) is 0 Å². The van der Waals surface area contributed by atoms with Crippen LogP contribution in [-0.2, 0) is 27.3 Å². The molecule has 1 saturated carbocycles. The Morgan fingerprint density at radius 2 is 1.74 bits per heavy atom. The van der Waals surface area contributed by atoms with Gasteiger partial charge in [-0.1, -0.05) is 53.7 Å². The molecule has 1 aromatic heterocycles. The highest BCUT2D eigenvalue weighted by Gasteiger charge is 2.34. The van der Waals surface area contributed by atoms with Crippen LogP contribution in [0.5, 0.6) is 0 Å². The van der Waals surface area contributed by atoms with E-state index in [1.54, 1.807) is 7.11 Å². The average Bonchev–Trinajstić information content (AvgIpc) is 3.71. The molecule has 8 heteroatoms. The van der Waals surface area contributed by atoms with Gasteiger partial charge in [-0.25, -0.2) is 0 Å². The zero-order valence-electron chi connectivity index (χ0n) is 27.6. The molecule has 0 aliphatic heterocycles. The number of nitrogens with two attached hydrogens (primary N) is 1. The number of nitrogens with one attached hydrogen (secondary N) is 2. The normalized spacial score (nSPS) is 17.3. The van der Waals surface area contributed by atoms with Crippen molar-refractivity contribution >= 4 is 22.7 Å². The van der Waals surface area contributed by atoms with E-state index >= 15 is 0 Å². The van der Waals surface area contributed by atoms with E-state index in [0.29, 0.717) is 31.2 Å². The molecular formula is C35H58N4O4. The minimum absolute atomic E-state index is 0.00729. The standard InChI is InChI=1S/C35H58N4O4/c1-22(2)28(17-26-11-12-27-13-15-39(31(27)18-26)14-8-16-43-7)19-30(38-35(42)33(36)24(5)6)32(40)20-29(23(3)4)34(41)37-21-25-9-10-25/h11-13,15,18,22-25,28-30,32-33,40H,8-10,14,16-17,19-21,36H2,1-7H3,(H,37,41)(H,38,42)/t28-,29?,30-,32?,33-/m0/s1. The van der Waals surface area contributed by atoms with Gasteiger partial charge in [-0.15, -0.1) is 0 Å². The third-order valence-electron chi connectivity index (χ3n) is 9.30. The molecular weight excluding hydrogens is 540 g/mol. The summed E-state index contributed by atoms with van der Waals surface area (Å²) in [6.45, 7) is 14.6. The van der Waals surface area contributed by atoms with Gasteiger partial charge < -0.3 is 30.8 Å². The Morgan fingerprint density at radius 3 is 2.35 bits per heavy atom. The molecule has 2 aromatic rings. The number of fused-ring (bicyclic) bond motifs is 1. The molecule has 0 saturated heterocycles. The lowest BCUT2D eigenvalue weighted by molar-refractivity contribution is -0.128. The molecule has 0 spiro atoms. The lowest BCUT2D eigenvalue weighted by atomic mass is 9.80. The predicted octanol–water partition coefficient (Wildman–Crippen LogP) is 4.90. The number of aliphatic hydroxyl groups is 1. The second kappa shape index (κ2) is 16.6. The number of aliphatic hydroxyl groups excluding tert-OH is 1. The van der Waals surface area contributed by atoms with E-state index in [2.05, 4.69) is 59.5 Å². The molecule has 0 radical (unpaired) electrons. The minimum Gasteiger partial charge on any atom is -0.391 e. The van der Waals surface area contributed by atoms with Gasteiger partial charge in [-0.2, -0.15) is 0 Å². The van der Waals surface area contributed by atoms with Crippen LogP contribution in [0.3, 0.4) is 0 Å². The van der Waals surface area contributed by atoms with Crippen molar-refractivity contribution < 1.29 is 19.4 Å². The van der Waals surface area contributed by atoms with Crippen molar-refractivity contribution in [2.24, 2.45) is 41.2 Å². The first-order valence-corrected chi connectivity index (χ1v) is 16.5. The summed E-state index contributed by atoms with van der Waals surface area (Å²) in [4.78, 5) is 26.3. The molecule has 5 N–H and O–H groups in total. The summed E-state index contributed by atoms with van der Waals surface area (Å²) in [6, 6.07) is 7.62. The van der Waals surface area contributed by atoms with Gasteiger partial charge in [-0.3, -0.25) is 9.59 Å². The number of aryl methyl sites for hydroxylation is 1. The number of aromatic nitrogens is 1. The quantitative estimate of drug-likeness (QED) is 0.172. The molecule has 2 unspecified atom stereocenters. The van der Waals surface area contributed by atoms with Crippen LogP contribution in [0, 0.1) is 35.5 Å². The summed E-state index contributed by atoms with van der Waals surface area (Å²) in [5.41, 5.74) is 8.67. The van der Waals surface area contributed by atoms with Crippen LogP contribution < -0.4 is 16.4 Å². The van der Waals surface area contributed by atoms with Gasteiger partial charge in [0, 0.05) is 44.4 Å². The fraction of sp³-hybridized carbons (Fsp3) is 0.714. The summed E-state index contributed by atoms with van der Waals surface area (Å²) >= 11 is 0. The number of nitrogens with zero attached hydrogens (tertiary/aromatic N) is 1. The summed E-state index contributed by atoms with van der Waals surface area (Å²) in [7, 11) is 1.73. The first-order valence-electron chi connectivity index (χ1n) is 16.5. The number of benzene rings is 1. The topological polar surface area (TPSA) is 119 Å². The van der Waals surface area contributed by atoms with E-state index in [-0.39, 0.29) is 35.5 Å². The van der Waals surface area contributed by atoms with Gasteiger partial charge in [0.15, 0.2) is 0 Å². The number of carbonyl (C=O) groups is 2. The summed E-state index contributed by atoms with van der Waals surface area (Å²) in [6.07, 6.45) is 6.26. The highest BCUT2D eigenvalue weighted by molar-refractivity contribution is 5.82. The number of amides is 2. The fourth-order valence-electron chi connectivity index (χ4n) is 5.85. The zero-order valence-corrected chi connectivity index (χ0v) is 27.6. The highest BCUT2D eigenvalue weighted by Crippen LogP contribution is 2.30. The number of ether oxygens (including phenoxy) is 1. The Labute approximate surface area is 259 Å². The molecule has 43 heavy (non-hydrogen) atoms. The molecule has 1 aliphatic rings. The Kier molecular flexibility index (Phi) is 13.5. The van der Waals surface area contributed by atoms with E-state index < -0.39 is 18.2 Å².